The fraction of sp³-hybridized carbons (Fsp3) is 0.0435. The smallest absolute Gasteiger partial charge is 0.259 e. The van der Waals surface area contributed by atoms with Crippen LogP contribution in [-0.4, -0.2) is 10.3 Å². The normalized spacial score (nSPS) is 10.4. The second-order valence-electron chi connectivity index (χ2n) is 6.24. The van der Waals surface area contributed by atoms with Crippen molar-refractivity contribution < 1.29 is 9.53 Å². The Bertz CT molecular complexity index is 1170. The van der Waals surface area contributed by atoms with Crippen molar-refractivity contribution in [2.75, 3.05) is 5.32 Å². The maximum atomic E-state index is 12.7. The molecule has 28 heavy (non-hydrogen) atoms. The van der Waals surface area contributed by atoms with Gasteiger partial charge in [0.15, 0.2) is 0 Å². The fourth-order valence-electron chi connectivity index (χ4n) is 3.07. The molecule has 0 unspecified atom stereocenters. The number of nitrogens with one attached hydrogen (secondary N) is 1. The Hall–Kier alpha value is -4.04. The standard InChI is InChI=1S/C23H17N3O2/c24-14-20-17(15-26-13-7-6-11-21(20)26)16-28-22-12-5-4-10-19(22)23(27)25-18-8-2-1-3-9-18/h1-13,15H,16H2,(H,25,27). The number of aromatic nitrogens is 1. The van der Waals surface area contributed by atoms with Crippen LogP contribution in [0.15, 0.2) is 85.2 Å². The first kappa shape index (κ1) is 17.4. The molecule has 0 fully saturated rings. The molecule has 0 spiro atoms. The van der Waals surface area contributed by atoms with E-state index in [4.69, 9.17) is 4.74 Å². The second-order valence-corrected chi connectivity index (χ2v) is 6.24. The number of hydrogen-bond donors (Lipinski definition) is 1. The Morgan fingerprint density at radius 1 is 1.00 bits per heavy atom. The van der Waals surface area contributed by atoms with Crippen LogP contribution in [0.5, 0.6) is 5.75 Å². The third-order valence-corrected chi connectivity index (χ3v) is 4.42. The van der Waals surface area contributed by atoms with Crippen LogP contribution in [-0.2, 0) is 6.61 Å². The van der Waals surface area contributed by atoms with Crippen LogP contribution in [0.1, 0.15) is 21.5 Å². The molecule has 2 heterocycles. The van der Waals surface area contributed by atoms with E-state index >= 15 is 0 Å². The Labute approximate surface area is 162 Å². The summed E-state index contributed by atoms with van der Waals surface area (Å²) in [5.41, 5.74) is 3.33. The summed E-state index contributed by atoms with van der Waals surface area (Å²) in [6, 6.07) is 24.3. The zero-order chi connectivity index (χ0) is 19.3. The fourth-order valence-corrected chi connectivity index (χ4v) is 3.07. The van der Waals surface area contributed by atoms with Gasteiger partial charge in [-0.15, -0.1) is 0 Å². The largest absolute Gasteiger partial charge is 0.488 e. The SMILES string of the molecule is N#Cc1c(COc2ccccc2C(=O)Nc2ccccc2)cn2ccccc12. The minimum absolute atomic E-state index is 0.195. The molecule has 0 aliphatic heterocycles. The number of hydrogen-bond acceptors (Lipinski definition) is 3. The highest BCUT2D eigenvalue weighted by atomic mass is 16.5. The van der Waals surface area contributed by atoms with E-state index in [0.29, 0.717) is 22.6 Å². The van der Waals surface area contributed by atoms with E-state index in [1.54, 1.807) is 18.2 Å². The lowest BCUT2D eigenvalue weighted by molar-refractivity contribution is 0.102. The molecule has 2 aromatic heterocycles. The van der Waals surface area contributed by atoms with E-state index in [1.165, 1.54) is 0 Å². The lowest BCUT2D eigenvalue weighted by Gasteiger charge is -2.11. The summed E-state index contributed by atoms with van der Waals surface area (Å²) in [6.45, 7) is 0.195. The van der Waals surface area contributed by atoms with Crippen LogP contribution in [0, 0.1) is 11.3 Å². The van der Waals surface area contributed by atoms with Crippen LogP contribution in [0.3, 0.4) is 0 Å². The molecular weight excluding hydrogens is 350 g/mol. The third-order valence-electron chi connectivity index (χ3n) is 4.42. The molecule has 0 aliphatic carbocycles. The summed E-state index contributed by atoms with van der Waals surface area (Å²) in [4.78, 5) is 12.7. The van der Waals surface area contributed by atoms with Gasteiger partial charge >= 0.3 is 0 Å². The summed E-state index contributed by atoms with van der Waals surface area (Å²) in [7, 11) is 0. The predicted octanol–water partition coefficient (Wildman–Crippen LogP) is 4.64. The minimum atomic E-state index is -0.246. The molecule has 5 heteroatoms. The van der Waals surface area contributed by atoms with Crippen molar-refractivity contribution in [3.05, 3.63) is 102 Å². The van der Waals surface area contributed by atoms with Crippen molar-refractivity contribution in [1.82, 2.24) is 4.40 Å². The van der Waals surface area contributed by atoms with E-state index in [9.17, 15) is 10.1 Å². The average molecular weight is 367 g/mol. The van der Waals surface area contributed by atoms with Crippen molar-refractivity contribution in [3.8, 4) is 11.8 Å². The Morgan fingerprint density at radius 2 is 1.75 bits per heavy atom. The third kappa shape index (κ3) is 3.44. The summed E-state index contributed by atoms with van der Waals surface area (Å²) >= 11 is 0. The molecule has 1 N–H and O–H groups in total. The molecule has 5 nitrogen and oxygen atoms in total. The number of nitrogens with zero attached hydrogens (tertiary/aromatic N) is 2. The Kier molecular flexibility index (Phi) is 4.77. The average Bonchev–Trinajstić information content (AvgIpc) is 3.10. The van der Waals surface area contributed by atoms with E-state index in [2.05, 4.69) is 11.4 Å². The number of carbonyl (C=O) groups excluding carboxylic acids is 1. The van der Waals surface area contributed by atoms with Crippen molar-refractivity contribution in [3.63, 3.8) is 0 Å². The van der Waals surface area contributed by atoms with Crippen LogP contribution >= 0.6 is 0 Å². The van der Waals surface area contributed by atoms with Crippen LogP contribution in [0.4, 0.5) is 5.69 Å². The summed E-state index contributed by atoms with van der Waals surface area (Å²) < 4.78 is 7.82. The summed E-state index contributed by atoms with van der Waals surface area (Å²) in [5, 5.41) is 12.4. The quantitative estimate of drug-likeness (QED) is 0.559. The highest BCUT2D eigenvalue weighted by Crippen LogP contribution is 2.23. The lowest BCUT2D eigenvalue weighted by atomic mass is 10.1. The van der Waals surface area contributed by atoms with E-state index in [1.807, 2.05) is 71.4 Å². The van der Waals surface area contributed by atoms with Gasteiger partial charge in [0.05, 0.1) is 16.6 Å². The molecule has 0 saturated heterocycles. The first-order valence-electron chi connectivity index (χ1n) is 8.83. The number of fused-ring (bicyclic) bond motifs is 1. The van der Waals surface area contributed by atoms with Gasteiger partial charge in [-0.3, -0.25) is 4.79 Å². The van der Waals surface area contributed by atoms with Crippen LogP contribution in [0.2, 0.25) is 0 Å². The maximum Gasteiger partial charge on any atom is 0.259 e. The Balaban J connectivity index is 1.57. The highest BCUT2D eigenvalue weighted by Gasteiger charge is 2.15. The van der Waals surface area contributed by atoms with Gasteiger partial charge in [0.1, 0.15) is 18.4 Å². The topological polar surface area (TPSA) is 66.5 Å². The zero-order valence-electron chi connectivity index (χ0n) is 15.0. The van der Waals surface area contributed by atoms with Gasteiger partial charge in [-0.25, -0.2) is 0 Å². The van der Waals surface area contributed by atoms with Gasteiger partial charge in [-0.1, -0.05) is 36.4 Å². The molecule has 4 aromatic rings. The maximum absolute atomic E-state index is 12.7. The monoisotopic (exact) mass is 367 g/mol. The number of anilines is 1. The van der Waals surface area contributed by atoms with E-state index in [-0.39, 0.29) is 12.5 Å². The van der Waals surface area contributed by atoms with Crippen molar-refractivity contribution in [2.24, 2.45) is 0 Å². The number of pyridine rings is 1. The van der Waals surface area contributed by atoms with E-state index < -0.39 is 0 Å². The Morgan fingerprint density at radius 3 is 2.57 bits per heavy atom. The summed E-state index contributed by atoms with van der Waals surface area (Å²) in [6.07, 6.45) is 3.77. The lowest BCUT2D eigenvalue weighted by Crippen LogP contribution is -2.13. The molecule has 0 radical (unpaired) electrons. The van der Waals surface area contributed by atoms with Crippen molar-refractivity contribution >= 4 is 17.1 Å². The number of nitriles is 1. The van der Waals surface area contributed by atoms with Gasteiger partial charge < -0.3 is 14.5 Å². The second kappa shape index (κ2) is 7.68. The number of rotatable bonds is 5. The molecule has 1 amide bonds. The van der Waals surface area contributed by atoms with Gasteiger partial charge in [0, 0.05) is 23.6 Å². The van der Waals surface area contributed by atoms with Crippen molar-refractivity contribution in [1.29, 1.82) is 5.26 Å². The molecule has 0 saturated carbocycles. The number of benzene rings is 2. The van der Waals surface area contributed by atoms with Gasteiger partial charge in [0.2, 0.25) is 0 Å². The minimum Gasteiger partial charge on any atom is -0.488 e. The first-order chi connectivity index (χ1) is 13.8. The molecule has 0 aliphatic rings. The molecule has 136 valence electrons. The first-order valence-corrected chi connectivity index (χ1v) is 8.83. The van der Waals surface area contributed by atoms with Gasteiger partial charge in [-0.2, -0.15) is 5.26 Å². The predicted molar refractivity (Wildman–Crippen MR) is 107 cm³/mol. The summed E-state index contributed by atoms with van der Waals surface area (Å²) in [5.74, 6) is 0.222. The molecular formula is C23H17N3O2. The number of carbonyl (C=O) groups is 1. The number of ether oxygens (including phenoxy) is 1. The van der Waals surface area contributed by atoms with E-state index in [0.717, 1.165) is 11.1 Å². The zero-order valence-corrected chi connectivity index (χ0v) is 15.0. The molecule has 4 rings (SSSR count). The highest BCUT2D eigenvalue weighted by molar-refractivity contribution is 6.06. The number of amides is 1. The van der Waals surface area contributed by atoms with Crippen LogP contribution < -0.4 is 10.1 Å². The number of para-hydroxylation sites is 2. The van der Waals surface area contributed by atoms with Gasteiger partial charge in [-0.05, 0) is 36.4 Å². The van der Waals surface area contributed by atoms with Gasteiger partial charge in [0.25, 0.3) is 5.91 Å². The van der Waals surface area contributed by atoms with Crippen LogP contribution in [0.25, 0.3) is 5.52 Å². The molecule has 2 aromatic carbocycles. The van der Waals surface area contributed by atoms with Crippen molar-refractivity contribution in [2.45, 2.75) is 6.61 Å². The molecule has 0 bridgehead atoms. The molecule has 0 atom stereocenters.